The normalized spacial score (nSPS) is 10.9. The Kier molecular flexibility index (Phi) is 4.49. The standard InChI is InChI=1S/C14H18N2O4/c1-5-8-15(14(2,3)4)13(18)11-9-10(17)6-7-12(11)16(19)20/h5-7,9,17H,1,8H2,2-4H3. The van der Waals surface area contributed by atoms with Crippen LogP contribution in [0.25, 0.3) is 0 Å². The molecule has 1 N–H and O–H groups in total. The van der Waals surface area contributed by atoms with Gasteiger partial charge >= 0.3 is 0 Å². The molecule has 1 aromatic carbocycles. The zero-order chi connectivity index (χ0) is 15.5. The van der Waals surface area contributed by atoms with Gasteiger partial charge in [-0.15, -0.1) is 6.58 Å². The lowest BCUT2D eigenvalue weighted by Gasteiger charge is -2.34. The molecule has 0 atom stereocenters. The maximum absolute atomic E-state index is 12.5. The van der Waals surface area contributed by atoms with Crippen LogP contribution in [-0.2, 0) is 0 Å². The molecular weight excluding hydrogens is 260 g/mol. The minimum absolute atomic E-state index is 0.133. The molecule has 0 aliphatic rings. The first kappa shape index (κ1) is 15.7. The van der Waals surface area contributed by atoms with Gasteiger partial charge in [0, 0.05) is 18.2 Å². The van der Waals surface area contributed by atoms with E-state index in [4.69, 9.17) is 0 Å². The van der Waals surface area contributed by atoms with Gasteiger partial charge in [-0.05, 0) is 32.9 Å². The average Bonchev–Trinajstić information content (AvgIpc) is 2.33. The van der Waals surface area contributed by atoms with Crippen molar-refractivity contribution in [3.05, 3.63) is 46.5 Å². The second-order valence-electron chi connectivity index (χ2n) is 5.33. The summed E-state index contributed by atoms with van der Waals surface area (Å²) in [6.07, 6.45) is 1.55. The maximum atomic E-state index is 12.5. The molecule has 108 valence electrons. The number of phenols is 1. The monoisotopic (exact) mass is 278 g/mol. The van der Waals surface area contributed by atoms with Gasteiger partial charge in [-0.1, -0.05) is 6.08 Å². The molecule has 0 aliphatic carbocycles. The topological polar surface area (TPSA) is 83.7 Å². The van der Waals surface area contributed by atoms with Gasteiger partial charge in [-0.3, -0.25) is 14.9 Å². The Hall–Kier alpha value is -2.37. The number of amides is 1. The molecule has 1 rings (SSSR count). The first-order chi connectivity index (χ1) is 9.18. The summed E-state index contributed by atoms with van der Waals surface area (Å²) in [5.41, 5.74) is -0.984. The molecule has 0 aromatic heterocycles. The Morgan fingerprint density at radius 1 is 1.50 bits per heavy atom. The Balaban J connectivity index is 3.34. The number of aromatic hydroxyl groups is 1. The fourth-order valence-electron chi connectivity index (χ4n) is 1.79. The van der Waals surface area contributed by atoms with Crippen LogP contribution in [0, 0.1) is 10.1 Å². The van der Waals surface area contributed by atoms with Gasteiger partial charge in [0.05, 0.1) is 4.92 Å². The summed E-state index contributed by atoms with van der Waals surface area (Å²) in [5, 5.41) is 20.5. The third-order valence-electron chi connectivity index (χ3n) is 2.77. The fourth-order valence-corrected chi connectivity index (χ4v) is 1.79. The number of carbonyl (C=O) groups excluding carboxylic acids is 1. The van der Waals surface area contributed by atoms with E-state index in [-0.39, 0.29) is 23.5 Å². The Bertz CT molecular complexity index is 547. The second-order valence-corrected chi connectivity index (χ2v) is 5.33. The quantitative estimate of drug-likeness (QED) is 0.521. The molecule has 0 heterocycles. The molecule has 20 heavy (non-hydrogen) atoms. The van der Waals surface area contributed by atoms with Crippen molar-refractivity contribution in [2.75, 3.05) is 6.54 Å². The smallest absolute Gasteiger partial charge is 0.282 e. The summed E-state index contributed by atoms with van der Waals surface area (Å²) in [6.45, 7) is 9.31. The van der Waals surface area contributed by atoms with Crippen molar-refractivity contribution in [3.63, 3.8) is 0 Å². The molecule has 0 aliphatic heterocycles. The maximum Gasteiger partial charge on any atom is 0.282 e. The molecular formula is C14H18N2O4. The first-order valence-corrected chi connectivity index (χ1v) is 6.08. The lowest BCUT2D eigenvalue weighted by Crippen LogP contribution is -2.45. The Morgan fingerprint density at radius 2 is 2.10 bits per heavy atom. The van der Waals surface area contributed by atoms with E-state index in [1.54, 1.807) is 6.08 Å². The van der Waals surface area contributed by atoms with Gasteiger partial charge in [0.2, 0.25) is 0 Å². The highest BCUT2D eigenvalue weighted by atomic mass is 16.6. The minimum atomic E-state index is -0.637. The van der Waals surface area contributed by atoms with Crippen LogP contribution in [0.4, 0.5) is 5.69 Å². The molecule has 0 saturated carbocycles. The molecule has 6 heteroatoms. The number of hydrogen-bond acceptors (Lipinski definition) is 4. The van der Waals surface area contributed by atoms with Crippen LogP contribution >= 0.6 is 0 Å². The van der Waals surface area contributed by atoms with Crippen LogP contribution in [0.2, 0.25) is 0 Å². The predicted octanol–water partition coefficient (Wildman–Crippen LogP) is 2.73. The number of carbonyl (C=O) groups is 1. The van der Waals surface area contributed by atoms with Crippen LogP contribution in [0.1, 0.15) is 31.1 Å². The molecule has 0 saturated heterocycles. The van der Waals surface area contributed by atoms with Crippen molar-refractivity contribution < 1.29 is 14.8 Å². The number of phenolic OH excluding ortho intramolecular Hbond substituents is 1. The number of hydrogen-bond donors (Lipinski definition) is 1. The number of benzene rings is 1. The summed E-state index contributed by atoms with van der Waals surface area (Å²) in [4.78, 5) is 24.3. The number of nitrogens with zero attached hydrogens (tertiary/aromatic N) is 2. The first-order valence-electron chi connectivity index (χ1n) is 6.08. The van der Waals surface area contributed by atoms with Crippen LogP contribution in [-0.4, -0.2) is 32.9 Å². The Labute approximate surface area is 117 Å². The van der Waals surface area contributed by atoms with Gasteiger partial charge in [-0.25, -0.2) is 0 Å². The van der Waals surface area contributed by atoms with Crippen LogP contribution in [0.3, 0.4) is 0 Å². The molecule has 6 nitrogen and oxygen atoms in total. The van der Waals surface area contributed by atoms with Crippen molar-refractivity contribution >= 4 is 11.6 Å². The van der Waals surface area contributed by atoms with Gasteiger partial charge in [-0.2, -0.15) is 0 Å². The van der Waals surface area contributed by atoms with E-state index in [2.05, 4.69) is 6.58 Å². The number of nitro groups is 1. The molecule has 0 unspecified atom stereocenters. The third-order valence-corrected chi connectivity index (χ3v) is 2.77. The van der Waals surface area contributed by atoms with Gasteiger partial charge in [0.1, 0.15) is 11.3 Å². The molecule has 1 aromatic rings. The van der Waals surface area contributed by atoms with E-state index in [1.165, 1.54) is 11.0 Å². The van der Waals surface area contributed by atoms with Crippen molar-refractivity contribution in [2.45, 2.75) is 26.3 Å². The molecule has 0 radical (unpaired) electrons. The lowest BCUT2D eigenvalue weighted by molar-refractivity contribution is -0.385. The summed E-state index contributed by atoms with van der Waals surface area (Å²) < 4.78 is 0. The lowest BCUT2D eigenvalue weighted by atomic mass is 10.0. The van der Waals surface area contributed by atoms with E-state index >= 15 is 0 Å². The van der Waals surface area contributed by atoms with Crippen molar-refractivity contribution in [3.8, 4) is 5.75 Å². The molecule has 0 spiro atoms. The Morgan fingerprint density at radius 3 is 2.55 bits per heavy atom. The highest BCUT2D eigenvalue weighted by Gasteiger charge is 2.31. The summed E-state index contributed by atoms with van der Waals surface area (Å²) >= 11 is 0. The molecule has 0 fully saturated rings. The van der Waals surface area contributed by atoms with E-state index in [1.807, 2.05) is 20.8 Å². The van der Waals surface area contributed by atoms with Crippen LogP contribution < -0.4 is 0 Å². The second kappa shape index (κ2) is 5.73. The fraction of sp³-hybridized carbons (Fsp3) is 0.357. The van der Waals surface area contributed by atoms with Crippen molar-refractivity contribution in [2.24, 2.45) is 0 Å². The van der Waals surface area contributed by atoms with E-state index in [9.17, 15) is 20.0 Å². The van der Waals surface area contributed by atoms with E-state index in [0.717, 1.165) is 12.1 Å². The summed E-state index contributed by atoms with van der Waals surface area (Å²) in [6, 6.07) is 3.42. The molecule has 1 amide bonds. The van der Waals surface area contributed by atoms with Crippen LogP contribution in [0.5, 0.6) is 5.75 Å². The van der Waals surface area contributed by atoms with Crippen molar-refractivity contribution in [1.82, 2.24) is 4.90 Å². The summed E-state index contributed by atoms with van der Waals surface area (Å²) in [7, 11) is 0. The van der Waals surface area contributed by atoms with Crippen molar-refractivity contribution in [1.29, 1.82) is 0 Å². The average molecular weight is 278 g/mol. The third kappa shape index (κ3) is 3.34. The predicted molar refractivity (Wildman–Crippen MR) is 75.7 cm³/mol. The minimum Gasteiger partial charge on any atom is -0.508 e. The van der Waals surface area contributed by atoms with Gasteiger partial charge in [0.15, 0.2) is 0 Å². The zero-order valence-corrected chi connectivity index (χ0v) is 11.8. The zero-order valence-electron chi connectivity index (χ0n) is 11.8. The summed E-state index contributed by atoms with van der Waals surface area (Å²) in [5.74, 6) is -0.702. The van der Waals surface area contributed by atoms with Gasteiger partial charge < -0.3 is 10.0 Å². The highest BCUT2D eigenvalue weighted by Crippen LogP contribution is 2.27. The SMILES string of the molecule is C=CCN(C(=O)c1cc(O)ccc1[N+](=O)[O-])C(C)(C)C. The van der Waals surface area contributed by atoms with Gasteiger partial charge in [0.25, 0.3) is 11.6 Å². The largest absolute Gasteiger partial charge is 0.508 e. The van der Waals surface area contributed by atoms with E-state index in [0.29, 0.717) is 0 Å². The number of nitro benzene ring substituents is 1. The van der Waals surface area contributed by atoms with E-state index < -0.39 is 16.4 Å². The molecule has 0 bridgehead atoms. The highest BCUT2D eigenvalue weighted by molar-refractivity contribution is 5.99. The number of rotatable bonds is 4. The van der Waals surface area contributed by atoms with Crippen LogP contribution in [0.15, 0.2) is 30.9 Å².